The van der Waals surface area contributed by atoms with E-state index in [9.17, 15) is 9.90 Å². The molecule has 0 spiro atoms. The Morgan fingerprint density at radius 1 is 1.53 bits per heavy atom. The summed E-state index contributed by atoms with van der Waals surface area (Å²) in [6.45, 7) is 4.20. The lowest BCUT2D eigenvalue weighted by molar-refractivity contribution is -0.116. The van der Waals surface area contributed by atoms with E-state index in [0.29, 0.717) is 11.4 Å². The van der Waals surface area contributed by atoms with E-state index >= 15 is 0 Å². The second kappa shape index (κ2) is 7.97. The predicted octanol–water partition coefficient (Wildman–Crippen LogP) is 2.94. The summed E-state index contributed by atoms with van der Waals surface area (Å²) in [5.74, 6) is -0.216. The Bertz CT molecular complexity index is 457. The number of benzene rings is 1. The van der Waals surface area contributed by atoms with Gasteiger partial charge in [-0.15, -0.1) is 0 Å². The number of carbonyl (C=O) groups is 1. The Morgan fingerprint density at radius 2 is 2.26 bits per heavy atom. The van der Waals surface area contributed by atoms with Gasteiger partial charge in [-0.05, 0) is 36.6 Å². The van der Waals surface area contributed by atoms with E-state index in [4.69, 9.17) is 11.6 Å². The molecule has 3 nitrogen and oxygen atoms in total. The molecule has 1 aromatic rings. The quantitative estimate of drug-likeness (QED) is 0.788. The normalized spacial score (nSPS) is 12.6. The van der Waals surface area contributed by atoms with Gasteiger partial charge in [-0.3, -0.25) is 4.79 Å². The predicted molar refractivity (Wildman–Crippen MR) is 79.1 cm³/mol. The molecule has 1 rings (SSSR count). The maximum Gasteiger partial charge on any atom is 0.244 e. The molecule has 0 aliphatic carbocycles. The minimum atomic E-state index is -0.476. The zero-order valence-electron chi connectivity index (χ0n) is 11.3. The molecule has 0 heterocycles. The summed E-state index contributed by atoms with van der Waals surface area (Å²) in [4.78, 5) is 11.5. The molecular weight excluding hydrogens is 262 g/mol. The van der Waals surface area contributed by atoms with E-state index < -0.39 is 6.10 Å². The topological polar surface area (TPSA) is 49.3 Å². The molecule has 0 aliphatic rings. The SMILES string of the molecule is CCCC(O)CNC(=O)/C=C/c1ccc(C)c(Cl)c1. The first-order valence-electron chi connectivity index (χ1n) is 6.43. The molecule has 2 N–H and O–H groups in total. The van der Waals surface area contributed by atoms with Crippen LogP contribution in [0.3, 0.4) is 0 Å². The largest absolute Gasteiger partial charge is 0.391 e. The summed E-state index contributed by atoms with van der Waals surface area (Å²) in [5.41, 5.74) is 1.88. The summed E-state index contributed by atoms with van der Waals surface area (Å²) in [6.07, 6.45) is 4.26. The third kappa shape index (κ3) is 5.90. The van der Waals surface area contributed by atoms with Gasteiger partial charge in [-0.25, -0.2) is 0 Å². The fraction of sp³-hybridized carbons (Fsp3) is 0.400. The first-order valence-corrected chi connectivity index (χ1v) is 6.81. The van der Waals surface area contributed by atoms with Gasteiger partial charge in [0.2, 0.25) is 5.91 Å². The summed E-state index contributed by atoms with van der Waals surface area (Å²) < 4.78 is 0. The zero-order chi connectivity index (χ0) is 14.3. The van der Waals surface area contributed by atoms with Crippen molar-refractivity contribution < 1.29 is 9.90 Å². The molecule has 1 aromatic carbocycles. The highest BCUT2D eigenvalue weighted by molar-refractivity contribution is 6.31. The van der Waals surface area contributed by atoms with Crippen LogP contribution in [0.5, 0.6) is 0 Å². The van der Waals surface area contributed by atoms with E-state index in [1.165, 1.54) is 6.08 Å². The lowest BCUT2D eigenvalue weighted by Crippen LogP contribution is -2.30. The van der Waals surface area contributed by atoms with Gasteiger partial charge in [0.1, 0.15) is 0 Å². The molecule has 0 saturated carbocycles. The number of amides is 1. The molecule has 1 amide bonds. The van der Waals surface area contributed by atoms with Crippen molar-refractivity contribution in [2.24, 2.45) is 0 Å². The van der Waals surface area contributed by atoms with Crippen molar-refractivity contribution in [1.29, 1.82) is 0 Å². The van der Waals surface area contributed by atoms with Gasteiger partial charge in [-0.2, -0.15) is 0 Å². The van der Waals surface area contributed by atoms with Crippen LogP contribution in [0.2, 0.25) is 5.02 Å². The minimum absolute atomic E-state index is 0.216. The zero-order valence-corrected chi connectivity index (χ0v) is 12.1. The Hall–Kier alpha value is -1.32. The molecule has 0 aliphatic heterocycles. The lowest BCUT2D eigenvalue weighted by atomic mass is 10.1. The molecule has 0 radical (unpaired) electrons. The average Bonchev–Trinajstić information content (AvgIpc) is 2.38. The van der Waals surface area contributed by atoms with Crippen LogP contribution in [-0.4, -0.2) is 23.7 Å². The first kappa shape index (κ1) is 15.7. The number of nitrogens with one attached hydrogen (secondary N) is 1. The van der Waals surface area contributed by atoms with Gasteiger partial charge in [0, 0.05) is 17.6 Å². The molecule has 4 heteroatoms. The van der Waals surface area contributed by atoms with Crippen molar-refractivity contribution in [1.82, 2.24) is 5.32 Å². The van der Waals surface area contributed by atoms with Crippen LogP contribution in [0.1, 0.15) is 30.9 Å². The minimum Gasteiger partial charge on any atom is -0.391 e. The molecular formula is C15H20ClNO2. The van der Waals surface area contributed by atoms with Gasteiger partial charge in [0.25, 0.3) is 0 Å². The summed E-state index contributed by atoms with van der Waals surface area (Å²) in [5, 5.41) is 12.8. The number of carbonyl (C=O) groups excluding carboxylic acids is 1. The van der Waals surface area contributed by atoms with E-state index in [0.717, 1.165) is 17.5 Å². The Morgan fingerprint density at radius 3 is 2.89 bits per heavy atom. The molecule has 0 aromatic heterocycles. The Labute approximate surface area is 119 Å². The number of hydrogen-bond donors (Lipinski definition) is 2. The van der Waals surface area contributed by atoms with Crippen LogP contribution in [0.25, 0.3) is 6.08 Å². The van der Waals surface area contributed by atoms with Gasteiger partial charge < -0.3 is 10.4 Å². The molecule has 104 valence electrons. The van der Waals surface area contributed by atoms with Gasteiger partial charge in [0.15, 0.2) is 0 Å². The third-order valence-corrected chi connectivity index (χ3v) is 3.16. The van der Waals surface area contributed by atoms with Crippen LogP contribution in [0.15, 0.2) is 24.3 Å². The summed E-state index contributed by atoms with van der Waals surface area (Å²) in [7, 11) is 0. The maximum atomic E-state index is 11.5. The molecule has 1 unspecified atom stereocenters. The number of rotatable bonds is 6. The highest BCUT2D eigenvalue weighted by Crippen LogP contribution is 2.17. The Kier molecular flexibility index (Phi) is 6.60. The van der Waals surface area contributed by atoms with Crippen LogP contribution >= 0.6 is 11.6 Å². The van der Waals surface area contributed by atoms with Crippen LogP contribution < -0.4 is 5.32 Å². The first-order chi connectivity index (χ1) is 9.02. The molecule has 0 saturated heterocycles. The average molecular weight is 282 g/mol. The number of aliphatic hydroxyl groups is 1. The van der Waals surface area contributed by atoms with Crippen molar-refractivity contribution in [3.63, 3.8) is 0 Å². The molecule has 0 bridgehead atoms. The second-order valence-corrected chi connectivity index (χ2v) is 4.94. The van der Waals surface area contributed by atoms with Crippen LogP contribution in [0.4, 0.5) is 0 Å². The van der Waals surface area contributed by atoms with Crippen molar-refractivity contribution >= 4 is 23.6 Å². The molecule has 19 heavy (non-hydrogen) atoms. The van der Waals surface area contributed by atoms with Crippen molar-refractivity contribution in [3.05, 3.63) is 40.4 Å². The number of aliphatic hydroxyl groups excluding tert-OH is 1. The summed E-state index contributed by atoms with van der Waals surface area (Å²) in [6, 6.07) is 5.62. The van der Waals surface area contributed by atoms with E-state index in [2.05, 4.69) is 5.32 Å². The smallest absolute Gasteiger partial charge is 0.244 e. The van der Waals surface area contributed by atoms with E-state index in [-0.39, 0.29) is 12.5 Å². The number of aryl methyl sites for hydroxylation is 1. The van der Waals surface area contributed by atoms with Crippen molar-refractivity contribution in [2.45, 2.75) is 32.8 Å². The third-order valence-electron chi connectivity index (χ3n) is 2.76. The maximum absolute atomic E-state index is 11.5. The van der Waals surface area contributed by atoms with Gasteiger partial charge >= 0.3 is 0 Å². The molecule has 1 atom stereocenters. The fourth-order valence-corrected chi connectivity index (χ4v) is 1.79. The lowest BCUT2D eigenvalue weighted by Gasteiger charge is -2.08. The number of halogens is 1. The highest BCUT2D eigenvalue weighted by atomic mass is 35.5. The monoisotopic (exact) mass is 281 g/mol. The molecule has 0 fully saturated rings. The Balaban J connectivity index is 2.47. The van der Waals surface area contributed by atoms with Gasteiger partial charge in [0.05, 0.1) is 6.10 Å². The van der Waals surface area contributed by atoms with E-state index in [1.807, 2.05) is 32.0 Å². The van der Waals surface area contributed by atoms with Crippen molar-refractivity contribution in [3.8, 4) is 0 Å². The highest BCUT2D eigenvalue weighted by Gasteiger charge is 2.03. The summed E-state index contributed by atoms with van der Waals surface area (Å²) >= 11 is 6.00. The van der Waals surface area contributed by atoms with Crippen LogP contribution in [0, 0.1) is 6.92 Å². The van der Waals surface area contributed by atoms with E-state index in [1.54, 1.807) is 6.08 Å². The van der Waals surface area contributed by atoms with Crippen molar-refractivity contribution in [2.75, 3.05) is 6.54 Å². The van der Waals surface area contributed by atoms with Crippen LogP contribution in [-0.2, 0) is 4.79 Å². The second-order valence-electron chi connectivity index (χ2n) is 4.53. The standard InChI is InChI=1S/C15H20ClNO2/c1-3-4-13(18)10-17-15(19)8-7-12-6-5-11(2)14(16)9-12/h5-9,13,18H,3-4,10H2,1-2H3,(H,17,19)/b8-7+. The fourth-order valence-electron chi connectivity index (χ4n) is 1.60. The number of hydrogen-bond acceptors (Lipinski definition) is 2. The van der Waals surface area contributed by atoms with Gasteiger partial charge in [-0.1, -0.05) is 37.1 Å².